The Morgan fingerprint density at radius 3 is 2.43 bits per heavy atom. The molecule has 0 saturated heterocycles. The molecule has 5 heteroatoms. The van der Waals surface area contributed by atoms with Crippen molar-refractivity contribution in [3.63, 3.8) is 0 Å². The second kappa shape index (κ2) is 9.44. The van der Waals surface area contributed by atoms with Crippen LogP contribution in [-0.4, -0.2) is 23.7 Å². The molecule has 0 heterocycles. The van der Waals surface area contributed by atoms with Crippen LogP contribution in [0.5, 0.6) is 5.75 Å². The molecule has 1 saturated carbocycles. The van der Waals surface area contributed by atoms with Gasteiger partial charge in [-0.1, -0.05) is 44.9 Å². The number of ether oxygens (including phenoxy) is 2. The Bertz CT molecular complexity index is 686. The summed E-state index contributed by atoms with van der Waals surface area (Å²) in [7, 11) is 0. The van der Waals surface area contributed by atoms with E-state index in [0.29, 0.717) is 5.75 Å². The van der Waals surface area contributed by atoms with Crippen molar-refractivity contribution >= 4 is 12.1 Å². The summed E-state index contributed by atoms with van der Waals surface area (Å²) in [4.78, 5) is 24.4. The van der Waals surface area contributed by atoms with E-state index in [2.05, 4.69) is 25.2 Å². The van der Waals surface area contributed by atoms with Crippen LogP contribution in [0.1, 0.15) is 84.3 Å². The molecule has 0 aromatic heterocycles. The fourth-order valence-corrected chi connectivity index (χ4v) is 3.11. The predicted octanol–water partition coefficient (Wildman–Crippen LogP) is 5.36. The zero-order valence-corrected chi connectivity index (χ0v) is 18.1. The van der Waals surface area contributed by atoms with Crippen molar-refractivity contribution < 1.29 is 19.1 Å². The maximum Gasteiger partial charge on any atom is 0.407 e. The Morgan fingerprint density at radius 2 is 1.86 bits per heavy atom. The summed E-state index contributed by atoms with van der Waals surface area (Å²) in [5.41, 5.74) is 1.57. The molecule has 1 atom stereocenters. The zero-order valence-electron chi connectivity index (χ0n) is 18.1. The first-order valence-electron chi connectivity index (χ1n) is 10.4. The molecule has 0 bridgehead atoms. The summed E-state index contributed by atoms with van der Waals surface area (Å²) in [5.74, 6) is 1.45. The van der Waals surface area contributed by atoms with E-state index in [1.165, 1.54) is 12.8 Å². The van der Waals surface area contributed by atoms with Gasteiger partial charge in [-0.3, -0.25) is 4.79 Å². The Labute approximate surface area is 169 Å². The largest absolute Gasteiger partial charge is 0.444 e. The normalized spacial score (nSPS) is 15.2. The van der Waals surface area contributed by atoms with E-state index in [1.54, 1.807) is 27.7 Å². The first-order chi connectivity index (χ1) is 13.0. The van der Waals surface area contributed by atoms with Crippen molar-refractivity contribution in [2.75, 3.05) is 0 Å². The van der Waals surface area contributed by atoms with Gasteiger partial charge in [0.25, 0.3) is 0 Å². The molecule has 156 valence electrons. The third kappa shape index (κ3) is 7.53. The van der Waals surface area contributed by atoms with Gasteiger partial charge in [0.05, 0.1) is 6.42 Å². The van der Waals surface area contributed by atoms with Gasteiger partial charge < -0.3 is 14.8 Å². The lowest BCUT2D eigenvalue weighted by molar-refractivity contribution is -0.134. The third-order valence-electron chi connectivity index (χ3n) is 4.72. The van der Waals surface area contributed by atoms with Crippen LogP contribution in [0.15, 0.2) is 18.2 Å². The van der Waals surface area contributed by atoms with Gasteiger partial charge >= 0.3 is 12.1 Å². The molecule has 1 aromatic carbocycles. The molecule has 28 heavy (non-hydrogen) atoms. The van der Waals surface area contributed by atoms with Crippen molar-refractivity contribution in [1.29, 1.82) is 0 Å². The summed E-state index contributed by atoms with van der Waals surface area (Å²) < 4.78 is 11.0. The van der Waals surface area contributed by atoms with Crippen LogP contribution in [0.4, 0.5) is 4.79 Å². The molecule has 1 N–H and O–H groups in total. The quantitative estimate of drug-likeness (QED) is 0.480. The average molecular weight is 390 g/mol. The number of hydrogen-bond donors (Lipinski definition) is 1. The molecule has 0 radical (unpaired) electrons. The van der Waals surface area contributed by atoms with Gasteiger partial charge in [-0.2, -0.15) is 0 Å². The van der Waals surface area contributed by atoms with Gasteiger partial charge in [0.1, 0.15) is 11.4 Å². The monoisotopic (exact) mass is 389 g/mol. The number of para-hydroxylation sites is 1. The number of alkyl carbamates (subject to hydrolysis) is 1. The first kappa shape index (κ1) is 22.3. The number of esters is 1. The molecule has 1 aromatic rings. The van der Waals surface area contributed by atoms with E-state index < -0.39 is 11.7 Å². The highest BCUT2D eigenvalue weighted by Crippen LogP contribution is 2.37. The molecule has 1 fully saturated rings. The topological polar surface area (TPSA) is 64.6 Å². The second-order valence-corrected chi connectivity index (χ2v) is 9.20. The molecule has 1 aliphatic rings. The fourth-order valence-electron chi connectivity index (χ4n) is 3.11. The summed E-state index contributed by atoms with van der Waals surface area (Å²) >= 11 is 0. The summed E-state index contributed by atoms with van der Waals surface area (Å²) in [6, 6.07) is 5.75. The van der Waals surface area contributed by atoms with Gasteiger partial charge in [0, 0.05) is 6.04 Å². The number of amides is 1. The highest BCUT2D eigenvalue weighted by Gasteiger charge is 2.24. The Kier molecular flexibility index (Phi) is 7.50. The van der Waals surface area contributed by atoms with Crippen LogP contribution in [0, 0.1) is 5.92 Å². The zero-order chi connectivity index (χ0) is 20.9. The molecule has 0 spiro atoms. The van der Waals surface area contributed by atoms with Crippen LogP contribution < -0.4 is 10.1 Å². The van der Waals surface area contributed by atoms with E-state index in [0.717, 1.165) is 29.9 Å². The van der Waals surface area contributed by atoms with Crippen molar-refractivity contribution in [3.8, 4) is 5.75 Å². The Morgan fingerprint density at radius 1 is 1.18 bits per heavy atom. The summed E-state index contributed by atoms with van der Waals surface area (Å²) in [5, 5.41) is 2.69. The van der Waals surface area contributed by atoms with E-state index in [4.69, 9.17) is 9.47 Å². The number of rotatable bonds is 8. The Hall–Kier alpha value is -2.04. The van der Waals surface area contributed by atoms with Gasteiger partial charge in [-0.15, -0.1) is 0 Å². The minimum absolute atomic E-state index is 0.0910. The van der Waals surface area contributed by atoms with Crippen LogP contribution in [0.3, 0.4) is 0 Å². The molecule has 1 unspecified atom stereocenters. The predicted molar refractivity (Wildman–Crippen MR) is 111 cm³/mol. The molecule has 5 nitrogen and oxygen atoms in total. The average Bonchev–Trinajstić information content (AvgIpc) is 3.35. The number of carbonyl (C=O) groups is 2. The minimum Gasteiger partial charge on any atom is -0.444 e. The molecule has 1 aliphatic carbocycles. The molecule has 0 aliphatic heterocycles. The van der Waals surface area contributed by atoms with Crippen LogP contribution in [0.25, 0.3) is 0 Å². The maximum absolute atomic E-state index is 12.6. The summed E-state index contributed by atoms with van der Waals surface area (Å²) in [6.45, 7) is 11.4. The van der Waals surface area contributed by atoms with Crippen molar-refractivity contribution in [3.05, 3.63) is 29.3 Å². The number of nitrogens with one attached hydrogen (secondary N) is 1. The van der Waals surface area contributed by atoms with Gasteiger partial charge in [0.15, 0.2) is 0 Å². The van der Waals surface area contributed by atoms with E-state index in [-0.39, 0.29) is 24.3 Å². The van der Waals surface area contributed by atoms with E-state index in [1.807, 2.05) is 12.1 Å². The van der Waals surface area contributed by atoms with Crippen molar-refractivity contribution in [2.45, 2.75) is 91.2 Å². The van der Waals surface area contributed by atoms with Crippen LogP contribution in [-0.2, 0) is 16.0 Å². The highest BCUT2D eigenvalue weighted by atomic mass is 16.6. The molecular formula is C23H35NO4. The smallest absolute Gasteiger partial charge is 0.407 e. The fraction of sp³-hybridized carbons (Fsp3) is 0.652. The third-order valence-corrected chi connectivity index (χ3v) is 4.72. The van der Waals surface area contributed by atoms with Gasteiger partial charge in [-0.25, -0.2) is 4.79 Å². The SMILES string of the molecule is CC(CC(=O)Oc1c(CCC2CC2)cccc1C(C)C)NC(=O)OC(C)(C)C. The van der Waals surface area contributed by atoms with Crippen LogP contribution in [0.2, 0.25) is 0 Å². The first-order valence-corrected chi connectivity index (χ1v) is 10.4. The maximum atomic E-state index is 12.6. The van der Waals surface area contributed by atoms with Crippen molar-refractivity contribution in [2.24, 2.45) is 5.92 Å². The Balaban J connectivity index is 2.00. The van der Waals surface area contributed by atoms with Crippen LogP contribution >= 0.6 is 0 Å². The molecular weight excluding hydrogens is 354 g/mol. The second-order valence-electron chi connectivity index (χ2n) is 9.20. The number of benzene rings is 1. The van der Waals surface area contributed by atoms with E-state index in [9.17, 15) is 9.59 Å². The van der Waals surface area contributed by atoms with Gasteiger partial charge in [0.2, 0.25) is 0 Å². The lowest BCUT2D eigenvalue weighted by atomic mass is 9.96. The number of aryl methyl sites for hydroxylation is 1. The van der Waals surface area contributed by atoms with Crippen molar-refractivity contribution in [1.82, 2.24) is 5.32 Å². The number of carbonyl (C=O) groups excluding carboxylic acids is 2. The minimum atomic E-state index is -0.572. The summed E-state index contributed by atoms with van der Waals surface area (Å²) in [6.07, 6.45) is 4.26. The lowest BCUT2D eigenvalue weighted by Gasteiger charge is -2.22. The standard InChI is InChI=1S/C23H35NO4/c1-15(2)19-9-7-8-18(13-12-17-10-11-17)21(19)27-20(25)14-16(3)24-22(26)28-23(4,5)6/h7-9,15-17H,10-14H2,1-6H3,(H,24,26). The van der Waals surface area contributed by atoms with Gasteiger partial charge in [-0.05, 0) is 63.5 Å². The lowest BCUT2D eigenvalue weighted by Crippen LogP contribution is -2.39. The molecule has 2 rings (SSSR count). The molecule has 1 amide bonds. The number of hydrogen-bond acceptors (Lipinski definition) is 4. The van der Waals surface area contributed by atoms with E-state index >= 15 is 0 Å². The highest BCUT2D eigenvalue weighted by molar-refractivity contribution is 5.75.